The van der Waals surface area contributed by atoms with Gasteiger partial charge >= 0.3 is 0 Å². The van der Waals surface area contributed by atoms with Crippen molar-refractivity contribution in [3.8, 4) is 0 Å². The minimum Gasteiger partial charge on any atom is -0.360 e. The van der Waals surface area contributed by atoms with Gasteiger partial charge in [0.25, 0.3) is 0 Å². The number of fused-ring (bicyclic) bond motifs is 2. The molecule has 7 heteroatoms. The summed E-state index contributed by atoms with van der Waals surface area (Å²) >= 11 is 0. The number of carbonyl (C=O) groups is 2. The van der Waals surface area contributed by atoms with E-state index in [9.17, 15) is 9.59 Å². The number of carbonyl (C=O) groups excluding carboxylic acids is 2. The normalized spacial score (nSPS) is 24.0. The Kier molecular flexibility index (Phi) is 3.96. The Labute approximate surface area is 159 Å². The highest BCUT2D eigenvalue weighted by molar-refractivity contribution is 5.78. The first-order valence-corrected chi connectivity index (χ1v) is 10.1. The number of amides is 2. The number of likely N-dealkylation sites (tertiary alicyclic amines) is 2. The van der Waals surface area contributed by atoms with Crippen molar-refractivity contribution in [1.82, 2.24) is 19.8 Å². The molecule has 0 N–H and O–H groups in total. The summed E-state index contributed by atoms with van der Waals surface area (Å²) in [6, 6.07) is 0. The third kappa shape index (κ3) is 3.02. The molecule has 1 aromatic rings. The monoisotopic (exact) mass is 370 g/mol. The summed E-state index contributed by atoms with van der Waals surface area (Å²) in [7, 11) is 0. The van der Waals surface area contributed by atoms with E-state index in [2.05, 4.69) is 4.98 Å². The first-order chi connectivity index (χ1) is 13.0. The van der Waals surface area contributed by atoms with Gasteiger partial charge in [0.05, 0.1) is 25.4 Å². The molecule has 0 atom stereocenters. The van der Waals surface area contributed by atoms with Gasteiger partial charge in [0, 0.05) is 44.1 Å². The van der Waals surface area contributed by atoms with Crippen LogP contribution in [0.15, 0.2) is 6.20 Å². The van der Waals surface area contributed by atoms with Gasteiger partial charge in [0.2, 0.25) is 11.8 Å². The second-order valence-electron chi connectivity index (χ2n) is 8.55. The van der Waals surface area contributed by atoms with E-state index in [1.54, 1.807) is 6.92 Å². The summed E-state index contributed by atoms with van der Waals surface area (Å²) < 4.78 is 6.07. The molecule has 2 amide bonds. The number of piperidine rings is 1. The lowest BCUT2D eigenvalue weighted by Crippen LogP contribution is -2.61. The number of hydrogen-bond donors (Lipinski definition) is 0. The van der Waals surface area contributed by atoms with E-state index in [4.69, 9.17) is 9.72 Å². The topological polar surface area (TPSA) is 75.6 Å². The molecule has 2 saturated heterocycles. The molecule has 0 radical (unpaired) electrons. The molecule has 1 spiro atoms. The Morgan fingerprint density at radius 1 is 1.19 bits per heavy atom. The van der Waals surface area contributed by atoms with Gasteiger partial charge < -0.3 is 14.5 Å². The van der Waals surface area contributed by atoms with E-state index in [-0.39, 0.29) is 17.4 Å². The standard InChI is InChI=1S/C20H26N4O3/c1-13(25)23-6-4-14(5-7-23)8-18(26)24-11-20(12-24)16-9-21-19(15-2-3-15)22-17(16)10-27-20/h9,14-15H,2-8,10-12H2,1H3. The maximum Gasteiger partial charge on any atom is 0.223 e. The van der Waals surface area contributed by atoms with Crippen LogP contribution in [0.5, 0.6) is 0 Å². The van der Waals surface area contributed by atoms with Gasteiger partial charge in [-0.15, -0.1) is 0 Å². The van der Waals surface area contributed by atoms with Gasteiger partial charge in [0.15, 0.2) is 0 Å². The molecule has 3 aliphatic heterocycles. The first kappa shape index (κ1) is 17.1. The average Bonchev–Trinajstić information content (AvgIpc) is 3.41. The number of ether oxygens (including phenoxy) is 1. The maximum absolute atomic E-state index is 12.7. The van der Waals surface area contributed by atoms with Crippen molar-refractivity contribution < 1.29 is 14.3 Å². The zero-order valence-corrected chi connectivity index (χ0v) is 15.8. The van der Waals surface area contributed by atoms with Crippen LogP contribution in [0.3, 0.4) is 0 Å². The number of hydrogen-bond acceptors (Lipinski definition) is 5. The summed E-state index contributed by atoms with van der Waals surface area (Å²) in [6.45, 7) is 4.90. The third-order valence-electron chi connectivity index (χ3n) is 6.57. The van der Waals surface area contributed by atoms with Crippen LogP contribution in [0.1, 0.15) is 62.0 Å². The van der Waals surface area contributed by atoms with E-state index >= 15 is 0 Å². The van der Waals surface area contributed by atoms with Crippen molar-refractivity contribution in [3.05, 3.63) is 23.3 Å². The molecule has 0 aromatic carbocycles. The fourth-order valence-corrected chi connectivity index (χ4v) is 4.58. The van der Waals surface area contributed by atoms with Gasteiger partial charge in [-0.1, -0.05) is 0 Å². The van der Waals surface area contributed by atoms with Gasteiger partial charge in [-0.2, -0.15) is 0 Å². The van der Waals surface area contributed by atoms with Gasteiger partial charge in [-0.25, -0.2) is 9.97 Å². The van der Waals surface area contributed by atoms with E-state index in [0.717, 1.165) is 43.0 Å². The van der Waals surface area contributed by atoms with Crippen LogP contribution < -0.4 is 0 Å². The predicted molar refractivity (Wildman–Crippen MR) is 96.6 cm³/mol. The molecule has 7 nitrogen and oxygen atoms in total. The van der Waals surface area contributed by atoms with Crippen LogP contribution in [0.2, 0.25) is 0 Å². The van der Waals surface area contributed by atoms with E-state index in [1.165, 1.54) is 12.8 Å². The van der Waals surface area contributed by atoms with Crippen molar-refractivity contribution in [1.29, 1.82) is 0 Å². The minimum absolute atomic E-state index is 0.133. The van der Waals surface area contributed by atoms with Gasteiger partial charge in [-0.3, -0.25) is 9.59 Å². The highest BCUT2D eigenvalue weighted by Gasteiger charge is 2.52. The van der Waals surface area contributed by atoms with Gasteiger partial charge in [0.1, 0.15) is 11.4 Å². The quantitative estimate of drug-likeness (QED) is 0.807. The van der Waals surface area contributed by atoms with Crippen LogP contribution in [-0.4, -0.2) is 57.8 Å². The largest absolute Gasteiger partial charge is 0.360 e. The summed E-state index contributed by atoms with van der Waals surface area (Å²) in [4.78, 5) is 37.1. The molecule has 1 saturated carbocycles. The fraction of sp³-hybridized carbons (Fsp3) is 0.700. The molecule has 27 heavy (non-hydrogen) atoms. The lowest BCUT2D eigenvalue weighted by atomic mass is 9.86. The zero-order chi connectivity index (χ0) is 18.6. The summed E-state index contributed by atoms with van der Waals surface area (Å²) in [5.41, 5.74) is 1.70. The van der Waals surface area contributed by atoms with E-state index < -0.39 is 0 Å². The summed E-state index contributed by atoms with van der Waals surface area (Å²) in [6.07, 6.45) is 6.73. The van der Waals surface area contributed by atoms with Crippen molar-refractivity contribution in [3.63, 3.8) is 0 Å². The van der Waals surface area contributed by atoms with Crippen LogP contribution in [0, 0.1) is 5.92 Å². The lowest BCUT2D eigenvalue weighted by molar-refractivity contribution is -0.169. The first-order valence-electron chi connectivity index (χ1n) is 10.1. The Hall–Kier alpha value is -2.02. The smallest absolute Gasteiger partial charge is 0.223 e. The molecular weight excluding hydrogens is 344 g/mol. The number of nitrogens with zero attached hydrogens (tertiary/aromatic N) is 4. The molecular formula is C20H26N4O3. The second kappa shape index (κ2) is 6.26. The summed E-state index contributed by atoms with van der Waals surface area (Å²) in [5, 5.41) is 0. The summed E-state index contributed by atoms with van der Waals surface area (Å²) in [5.74, 6) is 2.22. The van der Waals surface area contributed by atoms with Crippen LogP contribution in [0.4, 0.5) is 0 Å². The molecule has 4 heterocycles. The molecule has 1 aliphatic carbocycles. The predicted octanol–water partition coefficient (Wildman–Crippen LogP) is 1.57. The lowest BCUT2D eigenvalue weighted by Gasteiger charge is -2.47. The van der Waals surface area contributed by atoms with Crippen LogP contribution in [-0.2, 0) is 26.5 Å². The third-order valence-corrected chi connectivity index (χ3v) is 6.57. The average molecular weight is 370 g/mol. The molecule has 0 bridgehead atoms. The van der Waals surface area contributed by atoms with Crippen molar-refractivity contribution >= 4 is 11.8 Å². The van der Waals surface area contributed by atoms with Crippen molar-refractivity contribution in [2.75, 3.05) is 26.2 Å². The van der Waals surface area contributed by atoms with Crippen molar-refractivity contribution in [2.24, 2.45) is 5.92 Å². The highest BCUT2D eigenvalue weighted by Crippen LogP contribution is 2.45. The molecule has 1 aromatic heterocycles. The fourth-order valence-electron chi connectivity index (χ4n) is 4.58. The minimum atomic E-state index is -0.384. The van der Waals surface area contributed by atoms with E-state index in [1.807, 2.05) is 16.0 Å². The van der Waals surface area contributed by atoms with Gasteiger partial charge in [-0.05, 0) is 31.6 Å². The SMILES string of the molecule is CC(=O)N1CCC(CC(=O)N2CC3(C2)OCc2nc(C4CC4)ncc23)CC1. The molecule has 144 valence electrons. The number of aromatic nitrogens is 2. The zero-order valence-electron chi connectivity index (χ0n) is 15.8. The van der Waals surface area contributed by atoms with E-state index in [0.29, 0.717) is 38.0 Å². The molecule has 5 rings (SSSR count). The Morgan fingerprint density at radius 2 is 1.93 bits per heavy atom. The molecule has 0 unspecified atom stereocenters. The van der Waals surface area contributed by atoms with Crippen molar-refractivity contribution in [2.45, 2.75) is 57.2 Å². The highest BCUT2D eigenvalue weighted by atomic mass is 16.5. The maximum atomic E-state index is 12.7. The Bertz CT molecular complexity index is 777. The molecule has 4 aliphatic rings. The number of rotatable bonds is 3. The Balaban J connectivity index is 1.17. The Morgan fingerprint density at radius 3 is 2.59 bits per heavy atom. The second-order valence-corrected chi connectivity index (χ2v) is 8.55. The van der Waals surface area contributed by atoms with Crippen LogP contribution >= 0.6 is 0 Å². The molecule has 3 fully saturated rings. The van der Waals surface area contributed by atoms with Crippen LogP contribution in [0.25, 0.3) is 0 Å².